The monoisotopic (exact) mass is 420 g/mol. The smallest absolute Gasteiger partial charge is 0.333 e. The average Bonchev–Trinajstić information content (AvgIpc) is 3.29. The number of amides is 1. The van der Waals surface area contributed by atoms with Gasteiger partial charge in [-0.1, -0.05) is 0 Å². The van der Waals surface area contributed by atoms with Crippen molar-refractivity contribution in [1.82, 2.24) is 14.1 Å². The molecule has 11 heteroatoms. The molecule has 2 N–H and O–H groups in total. The summed E-state index contributed by atoms with van der Waals surface area (Å²) in [4.78, 5) is 54.8. The van der Waals surface area contributed by atoms with Crippen molar-refractivity contribution in [1.29, 1.82) is 0 Å². The highest BCUT2D eigenvalue weighted by atomic mass is 32.1. The number of fused-ring (bicyclic) bond motifs is 3. The molecule has 1 aliphatic rings. The topological polar surface area (TPSA) is 123 Å². The van der Waals surface area contributed by atoms with Gasteiger partial charge in [0.1, 0.15) is 17.9 Å². The van der Waals surface area contributed by atoms with Crippen molar-refractivity contribution in [2.24, 2.45) is 0 Å². The first kappa shape index (κ1) is 18.6. The lowest BCUT2D eigenvalue weighted by Gasteiger charge is -2.12. The molecule has 1 aliphatic carbocycles. The highest BCUT2D eigenvalue weighted by molar-refractivity contribution is 7.18. The molecule has 146 valence electrons. The normalized spacial score (nSPS) is 13.4. The summed E-state index contributed by atoms with van der Waals surface area (Å²) in [6.45, 7) is -1.07. The Balaban J connectivity index is 1.87. The molecule has 0 unspecified atom stereocenters. The number of carbonyl (C=O) groups excluding carboxylic acids is 1. The Morgan fingerprint density at radius 2 is 1.96 bits per heavy atom. The van der Waals surface area contributed by atoms with Gasteiger partial charge in [0.15, 0.2) is 5.13 Å². The lowest BCUT2D eigenvalue weighted by atomic mass is 9.97. The van der Waals surface area contributed by atoms with E-state index in [0.29, 0.717) is 26.3 Å². The summed E-state index contributed by atoms with van der Waals surface area (Å²) in [5.41, 5.74) is -0.518. The van der Waals surface area contributed by atoms with Gasteiger partial charge in [-0.2, -0.15) is 0 Å². The fourth-order valence-electron chi connectivity index (χ4n) is 3.42. The van der Waals surface area contributed by atoms with Gasteiger partial charge >= 0.3 is 11.7 Å². The molecular formula is C17H16N4O5S2. The fourth-order valence-corrected chi connectivity index (χ4v) is 5.34. The second kappa shape index (κ2) is 7.32. The first-order chi connectivity index (χ1) is 13.5. The third-order valence-electron chi connectivity index (χ3n) is 4.59. The summed E-state index contributed by atoms with van der Waals surface area (Å²) < 4.78 is 1.90. The number of hydrogen-bond acceptors (Lipinski definition) is 7. The number of aryl methyl sites for hydroxylation is 2. The zero-order valence-corrected chi connectivity index (χ0v) is 16.3. The Morgan fingerprint density at radius 3 is 2.68 bits per heavy atom. The first-order valence-corrected chi connectivity index (χ1v) is 10.3. The van der Waals surface area contributed by atoms with E-state index in [1.165, 1.54) is 27.2 Å². The van der Waals surface area contributed by atoms with Gasteiger partial charge in [0.25, 0.3) is 5.56 Å². The number of carbonyl (C=O) groups is 2. The van der Waals surface area contributed by atoms with E-state index >= 15 is 0 Å². The van der Waals surface area contributed by atoms with Gasteiger partial charge in [-0.15, -0.1) is 22.7 Å². The molecule has 0 atom stereocenters. The van der Waals surface area contributed by atoms with Crippen LogP contribution in [0.25, 0.3) is 10.2 Å². The van der Waals surface area contributed by atoms with E-state index in [-0.39, 0.29) is 6.54 Å². The van der Waals surface area contributed by atoms with E-state index < -0.39 is 29.7 Å². The zero-order valence-electron chi connectivity index (χ0n) is 14.6. The number of aromatic nitrogens is 3. The SMILES string of the molecule is O=C(O)Cn1c(=O)c2c3c(sc2n(CC(=O)Nc2nccs2)c1=O)CCCC3. The maximum Gasteiger partial charge on any atom is 0.333 e. The number of carboxylic acid groups (broad SMARTS) is 1. The van der Waals surface area contributed by atoms with Crippen LogP contribution in [0.2, 0.25) is 0 Å². The largest absolute Gasteiger partial charge is 0.480 e. The maximum atomic E-state index is 12.9. The van der Waals surface area contributed by atoms with Gasteiger partial charge in [0.05, 0.1) is 5.39 Å². The van der Waals surface area contributed by atoms with Crippen molar-refractivity contribution >= 4 is 49.9 Å². The number of thiazole rings is 1. The van der Waals surface area contributed by atoms with Gasteiger partial charge in [-0.05, 0) is 31.2 Å². The lowest BCUT2D eigenvalue weighted by molar-refractivity contribution is -0.137. The molecular weight excluding hydrogens is 404 g/mol. The van der Waals surface area contributed by atoms with E-state index in [2.05, 4.69) is 10.3 Å². The van der Waals surface area contributed by atoms with Crippen LogP contribution in [-0.4, -0.2) is 31.1 Å². The summed E-state index contributed by atoms with van der Waals surface area (Å²) in [6, 6.07) is 0. The minimum Gasteiger partial charge on any atom is -0.480 e. The Hall–Kier alpha value is -2.79. The summed E-state index contributed by atoms with van der Waals surface area (Å²) in [6.07, 6.45) is 5.00. The molecule has 0 bridgehead atoms. The van der Waals surface area contributed by atoms with E-state index in [1.54, 1.807) is 11.6 Å². The van der Waals surface area contributed by atoms with Crippen LogP contribution in [0.5, 0.6) is 0 Å². The van der Waals surface area contributed by atoms with Crippen LogP contribution < -0.4 is 16.6 Å². The number of rotatable bonds is 5. The van der Waals surface area contributed by atoms with Crippen molar-refractivity contribution in [3.8, 4) is 0 Å². The van der Waals surface area contributed by atoms with Crippen LogP contribution in [0.3, 0.4) is 0 Å². The lowest BCUT2D eigenvalue weighted by Crippen LogP contribution is -2.43. The summed E-state index contributed by atoms with van der Waals surface area (Å²) >= 11 is 2.59. The number of aliphatic carboxylic acids is 1. The minimum absolute atomic E-state index is 0.325. The highest BCUT2D eigenvalue weighted by Crippen LogP contribution is 2.34. The number of anilines is 1. The van der Waals surface area contributed by atoms with Gasteiger partial charge in [0.2, 0.25) is 5.91 Å². The van der Waals surface area contributed by atoms with Crippen molar-refractivity contribution < 1.29 is 14.7 Å². The highest BCUT2D eigenvalue weighted by Gasteiger charge is 2.25. The third-order valence-corrected chi connectivity index (χ3v) is 6.60. The molecule has 3 heterocycles. The predicted octanol–water partition coefficient (Wildman–Crippen LogP) is 1.28. The van der Waals surface area contributed by atoms with Crippen LogP contribution in [0, 0.1) is 0 Å². The molecule has 0 aliphatic heterocycles. The number of hydrogen-bond donors (Lipinski definition) is 2. The molecule has 0 fully saturated rings. The number of nitrogens with zero attached hydrogens (tertiary/aromatic N) is 3. The molecule has 1 amide bonds. The Kier molecular flexibility index (Phi) is 4.85. The van der Waals surface area contributed by atoms with Crippen LogP contribution in [-0.2, 0) is 35.5 Å². The third kappa shape index (κ3) is 3.27. The number of carboxylic acids is 1. The molecule has 0 spiro atoms. The first-order valence-electron chi connectivity index (χ1n) is 8.64. The van der Waals surface area contributed by atoms with E-state index in [0.717, 1.165) is 29.7 Å². The number of thiophene rings is 1. The Labute approximate surface area is 165 Å². The average molecular weight is 420 g/mol. The van der Waals surface area contributed by atoms with Gasteiger partial charge in [0, 0.05) is 16.5 Å². The Morgan fingerprint density at radius 1 is 1.18 bits per heavy atom. The van der Waals surface area contributed by atoms with E-state index in [1.807, 2.05) is 0 Å². The molecule has 0 aromatic carbocycles. The van der Waals surface area contributed by atoms with Gasteiger partial charge < -0.3 is 10.4 Å². The van der Waals surface area contributed by atoms with Crippen LogP contribution in [0.15, 0.2) is 21.2 Å². The molecule has 9 nitrogen and oxygen atoms in total. The van der Waals surface area contributed by atoms with Crippen molar-refractivity contribution in [2.75, 3.05) is 5.32 Å². The molecule has 3 aromatic heterocycles. The molecule has 0 saturated carbocycles. The van der Waals surface area contributed by atoms with Crippen LogP contribution in [0.1, 0.15) is 23.3 Å². The molecule has 4 rings (SSSR count). The van der Waals surface area contributed by atoms with Gasteiger partial charge in [-0.25, -0.2) is 14.3 Å². The Bertz CT molecular complexity index is 1190. The van der Waals surface area contributed by atoms with E-state index in [4.69, 9.17) is 5.11 Å². The molecule has 3 aromatic rings. The van der Waals surface area contributed by atoms with Crippen LogP contribution >= 0.6 is 22.7 Å². The van der Waals surface area contributed by atoms with E-state index in [9.17, 15) is 19.2 Å². The van der Waals surface area contributed by atoms with Crippen molar-refractivity contribution in [3.63, 3.8) is 0 Å². The summed E-state index contributed by atoms with van der Waals surface area (Å²) in [5.74, 6) is -1.76. The second-order valence-electron chi connectivity index (χ2n) is 6.43. The van der Waals surface area contributed by atoms with Crippen molar-refractivity contribution in [3.05, 3.63) is 42.9 Å². The molecule has 0 saturated heterocycles. The fraction of sp³-hybridized carbons (Fsp3) is 0.353. The zero-order chi connectivity index (χ0) is 19.8. The standard InChI is InChI=1S/C17H16N4O5S2/c22-11(19-16-18-5-6-27-16)7-21-15-13(9-3-1-2-4-10(9)28-15)14(25)20(17(21)26)8-12(23)24/h5-6H,1-4,7-8H2,(H,23,24)(H,18,19,22). The van der Waals surface area contributed by atoms with Crippen LogP contribution in [0.4, 0.5) is 5.13 Å². The molecule has 0 radical (unpaired) electrons. The maximum absolute atomic E-state index is 12.9. The summed E-state index contributed by atoms with van der Waals surface area (Å²) in [7, 11) is 0. The summed E-state index contributed by atoms with van der Waals surface area (Å²) in [5, 5.41) is 14.2. The second-order valence-corrected chi connectivity index (χ2v) is 8.41. The minimum atomic E-state index is -1.29. The van der Waals surface area contributed by atoms with Gasteiger partial charge in [-0.3, -0.25) is 19.0 Å². The quantitative estimate of drug-likeness (QED) is 0.641. The predicted molar refractivity (Wildman–Crippen MR) is 105 cm³/mol. The van der Waals surface area contributed by atoms with Crippen molar-refractivity contribution in [2.45, 2.75) is 38.8 Å². The molecule has 28 heavy (non-hydrogen) atoms. The number of nitrogens with one attached hydrogen (secondary N) is 1.